The van der Waals surface area contributed by atoms with Crippen molar-refractivity contribution >= 4 is 51.6 Å². The molecule has 2 aromatic heterocycles. The summed E-state index contributed by atoms with van der Waals surface area (Å²) in [7, 11) is 3.49. The maximum Gasteiger partial charge on any atom is 0.272 e. The van der Waals surface area contributed by atoms with Crippen LogP contribution in [-0.4, -0.2) is 71.1 Å². The maximum atomic E-state index is 13.1. The van der Waals surface area contributed by atoms with Gasteiger partial charge in [-0.2, -0.15) is 0 Å². The predicted molar refractivity (Wildman–Crippen MR) is 189 cm³/mol. The Hall–Kier alpha value is -5.65. The molecular formula is C37H39N7O4. The number of rotatable bonds is 11. The van der Waals surface area contributed by atoms with E-state index < -0.39 is 0 Å². The van der Waals surface area contributed by atoms with E-state index in [1.165, 1.54) is 10.8 Å². The van der Waals surface area contributed by atoms with Crippen molar-refractivity contribution in [3.8, 4) is 0 Å². The van der Waals surface area contributed by atoms with Gasteiger partial charge in [-0.3, -0.25) is 19.3 Å². The van der Waals surface area contributed by atoms with Gasteiger partial charge in [-0.15, -0.1) is 0 Å². The minimum absolute atomic E-state index is 0.212. The second-order valence-corrected chi connectivity index (χ2v) is 11.7. The van der Waals surface area contributed by atoms with Crippen LogP contribution in [0.3, 0.4) is 0 Å². The van der Waals surface area contributed by atoms with Gasteiger partial charge in [0, 0.05) is 70.1 Å². The summed E-state index contributed by atoms with van der Waals surface area (Å²) in [5, 5.41) is 14.3. The quantitative estimate of drug-likeness (QED) is 0.157. The smallest absolute Gasteiger partial charge is 0.272 e. The molecule has 1 aliphatic heterocycles. The number of amides is 3. The normalized spacial score (nSPS) is 13.5. The van der Waals surface area contributed by atoms with E-state index in [0.717, 1.165) is 30.9 Å². The minimum Gasteiger partial charge on any atom is -0.379 e. The molecule has 0 aliphatic carbocycles. The third-order valence-electron chi connectivity index (χ3n) is 8.25. The Labute approximate surface area is 279 Å². The highest BCUT2D eigenvalue weighted by atomic mass is 16.5. The number of morpholine rings is 1. The van der Waals surface area contributed by atoms with Crippen molar-refractivity contribution in [1.82, 2.24) is 19.4 Å². The number of hydrogen-bond acceptors (Lipinski definition) is 6. The first kappa shape index (κ1) is 32.3. The zero-order valence-electron chi connectivity index (χ0n) is 27.0. The maximum absolute atomic E-state index is 13.1. The van der Waals surface area contributed by atoms with Crippen LogP contribution in [0, 0.1) is 0 Å². The molecule has 4 N–H and O–H groups in total. The fourth-order valence-corrected chi connectivity index (χ4v) is 5.62. The molecule has 0 saturated carbocycles. The second kappa shape index (κ2) is 14.8. The van der Waals surface area contributed by atoms with Crippen molar-refractivity contribution in [3.63, 3.8) is 0 Å². The van der Waals surface area contributed by atoms with E-state index in [-0.39, 0.29) is 17.7 Å². The van der Waals surface area contributed by atoms with Crippen LogP contribution in [0.4, 0.5) is 17.1 Å². The van der Waals surface area contributed by atoms with E-state index in [9.17, 15) is 14.4 Å². The highest BCUT2D eigenvalue weighted by Crippen LogP contribution is 2.20. The number of anilines is 3. The summed E-state index contributed by atoms with van der Waals surface area (Å²) in [5.74, 6) is -0.871. The molecule has 1 aliphatic rings. The van der Waals surface area contributed by atoms with Crippen molar-refractivity contribution in [2.75, 3.05) is 55.3 Å². The Kier molecular flexibility index (Phi) is 9.99. The molecule has 3 amide bonds. The van der Waals surface area contributed by atoms with Crippen molar-refractivity contribution in [2.24, 2.45) is 14.1 Å². The van der Waals surface area contributed by atoms with Gasteiger partial charge < -0.3 is 35.1 Å². The molecule has 0 atom stereocenters. The van der Waals surface area contributed by atoms with Crippen LogP contribution in [-0.2, 0) is 18.8 Å². The lowest BCUT2D eigenvalue weighted by atomic mass is 10.1. The fourth-order valence-electron chi connectivity index (χ4n) is 5.62. The van der Waals surface area contributed by atoms with E-state index in [2.05, 4.69) is 56.5 Å². The summed E-state index contributed by atoms with van der Waals surface area (Å²) < 4.78 is 8.68. The number of nitrogens with one attached hydrogen (secondary N) is 4. The molecule has 11 heteroatoms. The van der Waals surface area contributed by atoms with Gasteiger partial charge in [0.2, 0.25) is 0 Å². The first-order chi connectivity index (χ1) is 23.3. The molecule has 5 aromatic rings. The molecule has 0 bridgehead atoms. The molecule has 3 heterocycles. The Morgan fingerprint density at radius 2 is 1.38 bits per heavy atom. The molecule has 0 unspecified atom stereocenters. The molecule has 0 spiro atoms. The zero-order chi connectivity index (χ0) is 33.5. The van der Waals surface area contributed by atoms with Gasteiger partial charge in [0.1, 0.15) is 11.4 Å². The Morgan fingerprint density at radius 3 is 2.08 bits per heavy atom. The van der Waals surface area contributed by atoms with Gasteiger partial charge in [-0.25, -0.2) is 0 Å². The number of aromatic nitrogens is 2. The van der Waals surface area contributed by atoms with Gasteiger partial charge in [-0.05, 0) is 64.9 Å². The van der Waals surface area contributed by atoms with Gasteiger partial charge >= 0.3 is 0 Å². The van der Waals surface area contributed by atoms with Gasteiger partial charge in [0.05, 0.1) is 24.6 Å². The van der Waals surface area contributed by atoms with Crippen molar-refractivity contribution in [1.29, 1.82) is 0 Å². The number of carbonyl (C=O) groups is 3. The summed E-state index contributed by atoms with van der Waals surface area (Å²) >= 11 is 0. The Balaban J connectivity index is 0.999. The second-order valence-electron chi connectivity index (χ2n) is 11.7. The van der Waals surface area contributed by atoms with Crippen LogP contribution in [0.25, 0.3) is 16.8 Å². The molecule has 6 rings (SSSR count). The number of ether oxygens (including phenoxy) is 1. The van der Waals surface area contributed by atoms with E-state index in [1.807, 2.05) is 36.5 Å². The van der Waals surface area contributed by atoms with Crippen molar-refractivity contribution < 1.29 is 19.1 Å². The average Bonchev–Trinajstić information content (AvgIpc) is 3.66. The van der Waals surface area contributed by atoms with Crippen LogP contribution in [0.1, 0.15) is 36.9 Å². The molecule has 1 saturated heterocycles. The predicted octanol–water partition coefficient (Wildman–Crippen LogP) is 5.17. The van der Waals surface area contributed by atoms with E-state index in [4.69, 9.17) is 4.74 Å². The summed E-state index contributed by atoms with van der Waals surface area (Å²) in [6.07, 6.45) is 7.24. The highest BCUT2D eigenvalue weighted by Gasteiger charge is 2.18. The molecule has 3 aromatic carbocycles. The van der Waals surface area contributed by atoms with Crippen molar-refractivity contribution in [2.45, 2.75) is 0 Å². The molecule has 11 nitrogen and oxygen atoms in total. The first-order valence-corrected chi connectivity index (χ1v) is 15.9. The zero-order valence-corrected chi connectivity index (χ0v) is 27.0. The number of hydrogen-bond donors (Lipinski definition) is 4. The summed E-state index contributed by atoms with van der Waals surface area (Å²) in [5.41, 5.74) is 4.18. The monoisotopic (exact) mass is 645 g/mol. The van der Waals surface area contributed by atoms with E-state index in [1.54, 1.807) is 59.9 Å². The molecule has 246 valence electrons. The van der Waals surface area contributed by atoms with Crippen molar-refractivity contribution in [3.05, 3.63) is 120 Å². The van der Waals surface area contributed by atoms with Crippen LogP contribution >= 0.6 is 0 Å². The summed E-state index contributed by atoms with van der Waals surface area (Å²) in [4.78, 5) is 41.1. The number of fused-ring (bicyclic) bond motifs is 1. The molecule has 48 heavy (non-hydrogen) atoms. The van der Waals surface area contributed by atoms with Crippen LogP contribution in [0.15, 0.2) is 97.5 Å². The molecular weight excluding hydrogens is 606 g/mol. The van der Waals surface area contributed by atoms with Crippen LogP contribution in [0.2, 0.25) is 0 Å². The largest absolute Gasteiger partial charge is 0.379 e. The fraction of sp³-hybridized carbons (Fsp3) is 0.216. The minimum atomic E-state index is -0.366. The van der Waals surface area contributed by atoms with E-state index >= 15 is 0 Å². The number of aryl methyl sites for hydroxylation is 2. The Bertz CT molecular complexity index is 1950. The van der Waals surface area contributed by atoms with Gasteiger partial charge in [-0.1, -0.05) is 36.4 Å². The Morgan fingerprint density at radius 1 is 0.729 bits per heavy atom. The SMILES string of the molecule is Cn1cc(NC(=O)c2cc(NC(=O)c3ccc(N/C=C/c4ccc5ccccc5c4)cc3)cn2C)cc1C(=O)NCCN1CCOCC1. The van der Waals surface area contributed by atoms with Crippen LogP contribution in [0.5, 0.6) is 0 Å². The first-order valence-electron chi connectivity index (χ1n) is 15.9. The van der Waals surface area contributed by atoms with Crippen LogP contribution < -0.4 is 21.3 Å². The summed E-state index contributed by atoms with van der Waals surface area (Å²) in [6.45, 7) is 4.41. The van der Waals surface area contributed by atoms with E-state index in [0.29, 0.717) is 48.1 Å². The number of carbonyl (C=O) groups excluding carboxylic acids is 3. The van der Waals surface area contributed by atoms with Gasteiger partial charge in [0.25, 0.3) is 17.7 Å². The molecule has 0 radical (unpaired) electrons. The highest BCUT2D eigenvalue weighted by molar-refractivity contribution is 6.07. The summed E-state index contributed by atoms with van der Waals surface area (Å²) in [6, 6.07) is 24.9. The molecule has 1 fully saturated rings. The average molecular weight is 646 g/mol. The third kappa shape index (κ3) is 8.00. The lowest BCUT2D eigenvalue weighted by Gasteiger charge is -2.26. The standard InChI is InChI=1S/C37H39N7O4/c1-42-25-32(22-33(42)36(46)39-15-16-44-17-19-48-20-18-44)41-37(47)34-23-31(24-43(34)2)40-35(45)28-9-11-30(12-10-28)38-14-13-26-7-8-27-5-3-4-6-29(27)21-26/h3-14,21-25,38H,15-20H2,1-2H3,(H,39,46)(H,40,45)(H,41,47)/b14-13+. The topological polar surface area (TPSA) is 122 Å². The lowest BCUT2D eigenvalue weighted by molar-refractivity contribution is 0.0383. The van der Waals surface area contributed by atoms with Gasteiger partial charge in [0.15, 0.2) is 0 Å². The number of benzene rings is 3. The number of nitrogens with zero attached hydrogens (tertiary/aromatic N) is 3. The lowest BCUT2D eigenvalue weighted by Crippen LogP contribution is -2.41. The third-order valence-corrected chi connectivity index (χ3v) is 8.25.